The second-order valence-corrected chi connectivity index (χ2v) is 13.2. The highest BCUT2D eigenvalue weighted by Gasteiger charge is 2.38. The fraction of sp³-hybridized carbons (Fsp3) is 0.341. The Bertz CT molecular complexity index is 1810. The normalized spacial score (nSPS) is 15.7. The zero-order chi connectivity index (χ0) is 36.5. The lowest BCUT2D eigenvalue weighted by Crippen LogP contribution is -2.63. The Morgan fingerprint density at radius 3 is 2.24 bits per heavy atom. The number of benzene rings is 4. The van der Waals surface area contributed by atoms with Gasteiger partial charge in [-0.05, 0) is 90.4 Å². The zero-order valence-corrected chi connectivity index (χ0v) is 29.4. The third-order valence-electron chi connectivity index (χ3n) is 9.04. The first-order valence-corrected chi connectivity index (χ1v) is 17.6. The van der Waals surface area contributed by atoms with Crippen molar-refractivity contribution >= 4 is 17.7 Å². The summed E-state index contributed by atoms with van der Waals surface area (Å²) < 4.78 is 28.5. The maximum atomic E-state index is 14.3. The Kier molecular flexibility index (Phi) is 12.7. The van der Waals surface area contributed by atoms with Crippen molar-refractivity contribution in [2.45, 2.75) is 64.8 Å². The third-order valence-corrected chi connectivity index (χ3v) is 9.04. The van der Waals surface area contributed by atoms with Gasteiger partial charge in [-0.1, -0.05) is 62.4 Å². The molecule has 51 heavy (non-hydrogen) atoms. The van der Waals surface area contributed by atoms with Crippen molar-refractivity contribution in [3.63, 3.8) is 0 Å². The number of hydrogen-bond acceptors (Lipinski definition) is 5. The second-order valence-electron chi connectivity index (χ2n) is 13.2. The first-order valence-electron chi connectivity index (χ1n) is 17.6. The standard InChI is InChI=1S/C41H46F2N4O4/c1-4-15-46(16-5-2)40(50)33-19-27(3)18-32(24-33)39(49)45-36(23-29-21-34(42)25-35(43)22-29)38(48)37-41(51)47(17-14-44-37)26-28-10-9-13-31(20-28)30-11-7-6-8-12-30/h6-13,18-22,24-25,36-38,44,48H,4-5,14-17,23,26H2,1-3H3,(H,45,49)/t36-,37?,38?/m0/s1. The summed E-state index contributed by atoms with van der Waals surface area (Å²) >= 11 is 0. The van der Waals surface area contributed by atoms with Crippen LogP contribution in [0.2, 0.25) is 0 Å². The quantitative estimate of drug-likeness (QED) is 0.152. The highest BCUT2D eigenvalue weighted by atomic mass is 19.1. The molecule has 5 rings (SSSR count). The maximum absolute atomic E-state index is 14.3. The molecule has 4 aromatic rings. The molecule has 1 saturated heterocycles. The maximum Gasteiger partial charge on any atom is 0.253 e. The van der Waals surface area contributed by atoms with Crippen LogP contribution in [0, 0.1) is 18.6 Å². The number of nitrogens with zero attached hydrogens (tertiary/aromatic N) is 2. The molecule has 1 fully saturated rings. The number of rotatable bonds is 14. The Labute approximate surface area is 298 Å². The molecule has 0 saturated carbocycles. The highest BCUT2D eigenvalue weighted by molar-refractivity contribution is 6.00. The minimum atomic E-state index is -1.47. The summed E-state index contributed by atoms with van der Waals surface area (Å²) in [6.45, 7) is 8.04. The monoisotopic (exact) mass is 696 g/mol. The predicted octanol–water partition coefficient (Wildman–Crippen LogP) is 5.91. The van der Waals surface area contributed by atoms with Gasteiger partial charge in [-0.15, -0.1) is 0 Å². The average molecular weight is 697 g/mol. The van der Waals surface area contributed by atoms with Crippen LogP contribution in [0.15, 0.2) is 91.0 Å². The van der Waals surface area contributed by atoms with Crippen molar-refractivity contribution < 1.29 is 28.3 Å². The minimum absolute atomic E-state index is 0.162. The molecule has 10 heteroatoms. The average Bonchev–Trinajstić information content (AvgIpc) is 3.11. The van der Waals surface area contributed by atoms with Crippen molar-refractivity contribution in [2.24, 2.45) is 0 Å². The molecule has 3 N–H and O–H groups in total. The van der Waals surface area contributed by atoms with Crippen LogP contribution < -0.4 is 10.6 Å². The largest absolute Gasteiger partial charge is 0.389 e. The van der Waals surface area contributed by atoms with Gasteiger partial charge in [0.1, 0.15) is 17.7 Å². The summed E-state index contributed by atoms with van der Waals surface area (Å²) in [7, 11) is 0. The molecule has 3 amide bonds. The first-order chi connectivity index (χ1) is 24.6. The van der Waals surface area contributed by atoms with Crippen LogP contribution in [0.4, 0.5) is 8.78 Å². The van der Waals surface area contributed by atoms with Gasteiger partial charge < -0.3 is 25.5 Å². The van der Waals surface area contributed by atoms with Gasteiger partial charge in [0.2, 0.25) is 5.91 Å². The van der Waals surface area contributed by atoms with E-state index < -0.39 is 35.7 Å². The van der Waals surface area contributed by atoms with E-state index in [1.807, 2.05) is 68.4 Å². The molecule has 0 aromatic heterocycles. The number of piperazine rings is 1. The summed E-state index contributed by atoms with van der Waals surface area (Å²) in [6.07, 6.45) is -0.0562. The number of aryl methyl sites for hydroxylation is 1. The molecule has 3 atom stereocenters. The molecule has 268 valence electrons. The van der Waals surface area contributed by atoms with Crippen molar-refractivity contribution in [3.05, 3.63) is 130 Å². The fourth-order valence-corrected chi connectivity index (χ4v) is 6.67. The van der Waals surface area contributed by atoms with E-state index in [0.717, 1.165) is 47.7 Å². The van der Waals surface area contributed by atoms with Gasteiger partial charge >= 0.3 is 0 Å². The van der Waals surface area contributed by atoms with Crippen LogP contribution in [0.25, 0.3) is 11.1 Å². The molecule has 4 aromatic carbocycles. The Balaban J connectivity index is 1.39. The molecular formula is C41H46F2N4O4. The number of hydrogen-bond donors (Lipinski definition) is 3. The lowest BCUT2D eigenvalue weighted by atomic mass is 9.93. The summed E-state index contributed by atoms with van der Waals surface area (Å²) in [5, 5.41) is 17.7. The van der Waals surface area contributed by atoms with Gasteiger partial charge in [0, 0.05) is 49.9 Å². The molecule has 0 radical (unpaired) electrons. The fourth-order valence-electron chi connectivity index (χ4n) is 6.67. The van der Waals surface area contributed by atoms with E-state index in [0.29, 0.717) is 43.9 Å². The number of carbonyl (C=O) groups is 3. The molecule has 1 aliphatic rings. The number of carbonyl (C=O) groups excluding carboxylic acids is 3. The van der Waals surface area contributed by atoms with E-state index in [9.17, 15) is 28.3 Å². The van der Waals surface area contributed by atoms with Gasteiger partial charge in [0.25, 0.3) is 11.8 Å². The van der Waals surface area contributed by atoms with Gasteiger partial charge in [-0.25, -0.2) is 8.78 Å². The lowest BCUT2D eigenvalue weighted by Gasteiger charge is -2.38. The molecular weight excluding hydrogens is 650 g/mol. The minimum Gasteiger partial charge on any atom is -0.389 e. The van der Waals surface area contributed by atoms with E-state index in [1.165, 1.54) is 6.07 Å². The number of nitrogens with one attached hydrogen (secondary N) is 2. The highest BCUT2D eigenvalue weighted by Crippen LogP contribution is 2.23. The van der Waals surface area contributed by atoms with Gasteiger partial charge in [0.15, 0.2) is 0 Å². The predicted molar refractivity (Wildman–Crippen MR) is 194 cm³/mol. The van der Waals surface area contributed by atoms with Gasteiger partial charge in [-0.2, -0.15) is 0 Å². The van der Waals surface area contributed by atoms with Crippen LogP contribution >= 0.6 is 0 Å². The first kappa shape index (κ1) is 37.3. The van der Waals surface area contributed by atoms with Crippen LogP contribution in [0.1, 0.15) is 64.1 Å². The van der Waals surface area contributed by atoms with Crippen LogP contribution in [-0.2, 0) is 17.8 Å². The SMILES string of the molecule is CCCN(CCC)C(=O)c1cc(C)cc(C(=O)N[C@@H](Cc2cc(F)cc(F)c2)C(O)C2NCCN(Cc3cccc(-c4ccccc4)c3)C2=O)c1. The van der Waals surface area contributed by atoms with E-state index >= 15 is 0 Å². The van der Waals surface area contributed by atoms with Crippen molar-refractivity contribution in [2.75, 3.05) is 26.2 Å². The Morgan fingerprint density at radius 1 is 0.882 bits per heavy atom. The van der Waals surface area contributed by atoms with Crippen LogP contribution in [0.5, 0.6) is 0 Å². The molecule has 1 aliphatic heterocycles. The number of amides is 3. The molecule has 0 aliphatic carbocycles. The van der Waals surface area contributed by atoms with Gasteiger partial charge in [0.05, 0.1) is 12.1 Å². The van der Waals surface area contributed by atoms with E-state index in [-0.39, 0.29) is 29.4 Å². The van der Waals surface area contributed by atoms with Crippen LogP contribution in [0.3, 0.4) is 0 Å². The zero-order valence-electron chi connectivity index (χ0n) is 29.4. The topological polar surface area (TPSA) is 102 Å². The van der Waals surface area contributed by atoms with Crippen molar-refractivity contribution in [1.29, 1.82) is 0 Å². The number of aliphatic hydroxyl groups is 1. The second kappa shape index (κ2) is 17.3. The molecule has 8 nitrogen and oxygen atoms in total. The summed E-state index contributed by atoms with van der Waals surface area (Å²) in [5.74, 6) is -2.74. The number of aliphatic hydroxyl groups excluding tert-OH is 1. The van der Waals surface area contributed by atoms with E-state index in [2.05, 4.69) is 10.6 Å². The van der Waals surface area contributed by atoms with Gasteiger partial charge in [-0.3, -0.25) is 14.4 Å². The summed E-state index contributed by atoms with van der Waals surface area (Å²) in [4.78, 5) is 44.6. The molecule has 2 unspecified atom stereocenters. The lowest BCUT2D eigenvalue weighted by molar-refractivity contribution is -0.140. The third kappa shape index (κ3) is 9.65. The summed E-state index contributed by atoms with van der Waals surface area (Å²) in [5.41, 5.74) is 4.43. The smallest absolute Gasteiger partial charge is 0.253 e. The Morgan fingerprint density at radius 2 is 1.55 bits per heavy atom. The Hall–Kier alpha value is -4.93. The number of halogens is 2. The van der Waals surface area contributed by atoms with Crippen molar-refractivity contribution in [3.8, 4) is 11.1 Å². The van der Waals surface area contributed by atoms with Crippen molar-refractivity contribution in [1.82, 2.24) is 20.4 Å². The molecule has 1 heterocycles. The summed E-state index contributed by atoms with van der Waals surface area (Å²) in [6, 6.07) is 23.5. The van der Waals surface area contributed by atoms with E-state index in [1.54, 1.807) is 28.9 Å². The molecule has 0 bridgehead atoms. The molecule has 0 spiro atoms. The van der Waals surface area contributed by atoms with E-state index in [4.69, 9.17) is 0 Å². The van der Waals surface area contributed by atoms with Crippen LogP contribution in [-0.4, -0.2) is 77.0 Å².